The lowest BCUT2D eigenvalue weighted by atomic mass is 9.65. The van der Waals surface area contributed by atoms with E-state index >= 15 is 0 Å². The summed E-state index contributed by atoms with van der Waals surface area (Å²) in [4.78, 5) is 76.0. The van der Waals surface area contributed by atoms with Crippen LogP contribution in [0.15, 0.2) is 42.9 Å². The predicted molar refractivity (Wildman–Crippen MR) is 233 cm³/mol. The van der Waals surface area contributed by atoms with Gasteiger partial charge in [-0.2, -0.15) is 10.2 Å². The molecule has 2 aliphatic carbocycles. The van der Waals surface area contributed by atoms with Gasteiger partial charge in [-0.15, -0.1) is 0 Å². The second-order valence-electron chi connectivity index (χ2n) is 18.7. The minimum Gasteiger partial charge on any atom is -0.352 e. The van der Waals surface area contributed by atoms with Gasteiger partial charge in [-0.25, -0.2) is 23.1 Å². The van der Waals surface area contributed by atoms with Gasteiger partial charge in [-0.3, -0.25) is 34.1 Å². The number of aromatic nitrogens is 5. The number of piperidine rings is 3. The maximum atomic E-state index is 14.3. The van der Waals surface area contributed by atoms with Crippen molar-refractivity contribution in [3.05, 3.63) is 64.7 Å². The number of urea groups is 1. The molecular weight excluding hydrogens is 848 g/mol. The Balaban J connectivity index is 0.684. The van der Waals surface area contributed by atoms with E-state index in [1.165, 1.54) is 21.8 Å². The summed E-state index contributed by atoms with van der Waals surface area (Å²) >= 11 is 6.42. The number of hydrogen-bond donors (Lipinski definition) is 2. The molecule has 7 heterocycles. The largest absolute Gasteiger partial charge is 0.352 e. The van der Waals surface area contributed by atoms with Crippen molar-refractivity contribution in [2.24, 2.45) is 17.3 Å². The molecule has 10 rings (SSSR count). The standard InChI is InChI=1S/C45H52ClF2N11O5/c46-33-2-1-28(22-35(33)56-17-9-38(61)52-44(56)64)43(63)55-19-12-45(13-20-55)10-3-27(4-11-45)5-14-54-15-6-30(7-16-54)59-26-34(39(53-59)40(47)48)50-42(62)32-24-49-58-18-8-37(51-41(32)58)57-25-29-21-31(57)23-36(29)60/h1-2,8,18,22,24,26-27,29-31,40H,3-7,9-17,19-21,23,25H2,(H,50,62)(H,52,61,64)/t29-,31-/m1/s1. The van der Waals surface area contributed by atoms with Crippen LogP contribution in [-0.2, 0) is 9.59 Å². The number of Topliss-reactive ketones (excluding diaryl/α,β-unsaturated/α-hetero) is 1. The number of fused-ring (bicyclic) bond motifs is 3. The number of anilines is 3. The molecule has 64 heavy (non-hydrogen) atoms. The smallest absolute Gasteiger partial charge is 0.328 e. The number of nitrogens with zero attached hydrogens (tertiary/aromatic N) is 9. The van der Waals surface area contributed by atoms with Gasteiger partial charge in [0.05, 0.1) is 28.6 Å². The van der Waals surface area contributed by atoms with Gasteiger partial charge < -0.3 is 20.0 Å². The molecule has 4 aromatic rings. The van der Waals surface area contributed by atoms with E-state index in [1.807, 2.05) is 11.0 Å². The third kappa shape index (κ3) is 8.22. The number of rotatable bonds is 10. The Morgan fingerprint density at radius 3 is 2.45 bits per heavy atom. The van der Waals surface area contributed by atoms with Crippen LogP contribution >= 0.6 is 11.6 Å². The van der Waals surface area contributed by atoms with E-state index in [4.69, 9.17) is 16.6 Å². The van der Waals surface area contributed by atoms with E-state index in [1.54, 1.807) is 29.1 Å². The SMILES string of the molecule is O=C1CCN(c2cc(C(=O)N3CCC4(CCC(CCN5CCC(n6cc(NC(=O)c7cnn8ccc(N9C[C@H]%10C[C@@H]9CC%10=O)nc78)c(C(F)F)n6)CC5)CC4)CC3)ccc2Cl)C(=O)N1. The summed E-state index contributed by atoms with van der Waals surface area (Å²) in [5.74, 6) is 0.582. The Morgan fingerprint density at radius 1 is 0.969 bits per heavy atom. The van der Waals surface area contributed by atoms with Gasteiger partial charge >= 0.3 is 6.03 Å². The van der Waals surface area contributed by atoms with Crippen LogP contribution in [0.1, 0.15) is 116 Å². The van der Waals surface area contributed by atoms with Crippen LogP contribution in [-0.4, -0.2) is 116 Å². The summed E-state index contributed by atoms with van der Waals surface area (Å²) in [6, 6.07) is 6.28. The van der Waals surface area contributed by atoms with Gasteiger partial charge in [-0.05, 0) is 106 Å². The molecule has 4 saturated heterocycles. The van der Waals surface area contributed by atoms with Crippen LogP contribution in [0.2, 0.25) is 5.02 Å². The lowest BCUT2D eigenvalue weighted by molar-refractivity contribution is -0.121. The molecule has 16 nitrogen and oxygen atoms in total. The number of imide groups is 1. The molecule has 2 atom stereocenters. The van der Waals surface area contributed by atoms with E-state index in [0.29, 0.717) is 59.7 Å². The Hall–Kier alpha value is -5.49. The minimum atomic E-state index is -2.88. The highest BCUT2D eigenvalue weighted by Gasteiger charge is 2.44. The number of nitrogens with one attached hydrogen (secondary N) is 2. The number of carbonyl (C=O) groups is 5. The number of alkyl halides is 2. The van der Waals surface area contributed by atoms with Gasteiger partial charge in [0.1, 0.15) is 17.2 Å². The van der Waals surface area contributed by atoms with Gasteiger partial charge in [0.15, 0.2) is 11.3 Å². The third-order valence-corrected chi connectivity index (χ3v) is 15.3. The lowest BCUT2D eigenvalue weighted by Gasteiger charge is -2.46. The fourth-order valence-electron chi connectivity index (χ4n) is 11.1. The van der Waals surface area contributed by atoms with Gasteiger partial charge in [-0.1, -0.05) is 11.6 Å². The zero-order valence-electron chi connectivity index (χ0n) is 35.6. The fourth-order valence-corrected chi connectivity index (χ4v) is 11.3. The second kappa shape index (κ2) is 17.1. The van der Waals surface area contributed by atoms with Crippen LogP contribution < -0.4 is 20.4 Å². The van der Waals surface area contributed by atoms with Crippen molar-refractivity contribution in [3.63, 3.8) is 0 Å². The summed E-state index contributed by atoms with van der Waals surface area (Å²) < 4.78 is 31.7. The van der Waals surface area contributed by atoms with Gasteiger partial charge in [0.25, 0.3) is 18.2 Å². The molecular formula is C45H52ClF2N11O5. The van der Waals surface area contributed by atoms with E-state index in [2.05, 4.69) is 30.6 Å². The average molecular weight is 900 g/mol. The van der Waals surface area contributed by atoms with Crippen LogP contribution in [0.4, 0.5) is 30.8 Å². The van der Waals surface area contributed by atoms with Crippen LogP contribution in [0.5, 0.6) is 0 Å². The number of likely N-dealkylation sites (tertiary alicyclic amines) is 2. The number of hydrogen-bond acceptors (Lipinski definition) is 10. The highest BCUT2D eigenvalue weighted by molar-refractivity contribution is 6.34. The molecule has 6 fully saturated rings. The van der Waals surface area contributed by atoms with Crippen LogP contribution in [0, 0.1) is 17.3 Å². The number of carbonyl (C=O) groups excluding carboxylic acids is 5. The van der Waals surface area contributed by atoms with Crippen LogP contribution in [0.3, 0.4) is 0 Å². The molecule has 0 unspecified atom stereocenters. The lowest BCUT2D eigenvalue weighted by Crippen LogP contribution is -2.49. The Labute approximate surface area is 373 Å². The topological polar surface area (TPSA) is 170 Å². The van der Waals surface area contributed by atoms with E-state index in [0.717, 1.165) is 83.8 Å². The highest BCUT2D eigenvalue weighted by Crippen LogP contribution is 2.47. The monoisotopic (exact) mass is 899 g/mol. The van der Waals surface area contributed by atoms with E-state index in [9.17, 15) is 32.8 Å². The summed E-state index contributed by atoms with van der Waals surface area (Å²) in [5, 5.41) is 13.9. The predicted octanol–water partition coefficient (Wildman–Crippen LogP) is 6.52. The Bertz CT molecular complexity index is 2490. The number of halogens is 3. The Morgan fingerprint density at radius 2 is 1.75 bits per heavy atom. The van der Waals surface area contributed by atoms with Crippen LogP contribution in [0.25, 0.3) is 5.65 Å². The van der Waals surface area contributed by atoms with Gasteiger partial charge in [0.2, 0.25) is 5.91 Å². The molecule has 6 aliphatic rings. The third-order valence-electron chi connectivity index (χ3n) is 15.0. The van der Waals surface area contributed by atoms with Crippen molar-refractivity contribution in [1.82, 2.24) is 39.5 Å². The summed E-state index contributed by atoms with van der Waals surface area (Å²) in [6.45, 7) is 4.82. The number of amides is 5. The molecule has 5 amide bonds. The second-order valence-corrected chi connectivity index (χ2v) is 19.1. The molecule has 0 radical (unpaired) electrons. The normalized spacial score (nSPS) is 23.2. The zero-order chi connectivity index (χ0) is 44.3. The first-order chi connectivity index (χ1) is 30.9. The molecule has 1 spiro atoms. The number of benzene rings is 1. The van der Waals surface area contributed by atoms with Crippen molar-refractivity contribution in [2.45, 2.75) is 95.6 Å². The van der Waals surface area contributed by atoms with Crippen molar-refractivity contribution in [1.29, 1.82) is 0 Å². The first-order valence-electron chi connectivity index (χ1n) is 22.6. The van der Waals surface area contributed by atoms with Crippen molar-refractivity contribution >= 4 is 64.0 Å². The molecule has 3 aromatic heterocycles. The fraction of sp³-hybridized carbons (Fsp3) is 0.556. The summed E-state index contributed by atoms with van der Waals surface area (Å²) in [7, 11) is 0. The Kier molecular flexibility index (Phi) is 11.4. The summed E-state index contributed by atoms with van der Waals surface area (Å²) in [5.41, 5.74) is 1.12. The molecule has 2 bridgehead atoms. The molecule has 4 aliphatic heterocycles. The summed E-state index contributed by atoms with van der Waals surface area (Å²) in [6.07, 6.45) is 12.4. The molecule has 1 aromatic carbocycles. The maximum absolute atomic E-state index is 14.3. The van der Waals surface area contributed by atoms with E-state index in [-0.39, 0.29) is 65.2 Å². The van der Waals surface area contributed by atoms with Crippen molar-refractivity contribution < 1.29 is 32.8 Å². The van der Waals surface area contributed by atoms with Gasteiger partial charge in [0, 0.05) is 82.0 Å². The first-order valence-corrected chi connectivity index (χ1v) is 23.0. The van der Waals surface area contributed by atoms with Crippen molar-refractivity contribution in [2.75, 3.05) is 60.9 Å². The highest BCUT2D eigenvalue weighted by atomic mass is 35.5. The molecule has 2 saturated carbocycles. The maximum Gasteiger partial charge on any atom is 0.328 e. The quantitative estimate of drug-likeness (QED) is 0.179. The number of ketones is 1. The van der Waals surface area contributed by atoms with Crippen molar-refractivity contribution in [3.8, 4) is 0 Å². The average Bonchev–Trinajstić information content (AvgIpc) is 4.10. The van der Waals surface area contributed by atoms with E-state index < -0.39 is 24.1 Å². The first kappa shape index (κ1) is 42.5. The molecule has 19 heteroatoms. The molecule has 338 valence electrons. The minimum absolute atomic E-state index is 0.0106. The zero-order valence-corrected chi connectivity index (χ0v) is 36.3. The molecule has 2 N–H and O–H groups in total.